The van der Waals surface area contributed by atoms with Gasteiger partial charge in [-0.2, -0.15) is 0 Å². The normalized spacial score (nSPS) is 10.5. The molecule has 3 rings (SSSR count). The average Bonchev–Trinajstić information content (AvgIpc) is 2.96. The van der Waals surface area contributed by atoms with Gasteiger partial charge in [0.2, 0.25) is 5.95 Å². The minimum absolute atomic E-state index is 0.205. The van der Waals surface area contributed by atoms with E-state index in [9.17, 15) is 4.79 Å². The molecule has 0 saturated carbocycles. The number of aryl methyl sites for hydroxylation is 2. The Kier molecular flexibility index (Phi) is 3.76. The van der Waals surface area contributed by atoms with E-state index in [-0.39, 0.29) is 5.56 Å². The number of benzene rings is 1. The van der Waals surface area contributed by atoms with Gasteiger partial charge in [-0.3, -0.25) is 0 Å². The van der Waals surface area contributed by atoms with Crippen molar-refractivity contribution in [1.29, 1.82) is 0 Å². The molecule has 2 aromatic heterocycles. The van der Waals surface area contributed by atoms with E-state index >= 15 is 0 Å². The van der Waals surface area contributed by atoms with Crippen molar-refractivity contribution in [2.75, 3.05) is 5.32 Å². The summed E-state index contributed by atoms with van der Waals surface area (Å²) in [6, 6.07) is 6.62. The summed E-state index contributed by atoms with van der Waals surface area (Å²) >= 11 is 0. The molecule has 0 amide bonds. The molecule has 0 bridgehead atoms. The molecule has 7 nitrogen and oxygen atoms in total. The Labute approximate surface area is 132 Å². The molecular formula is C16H15N5O2. The number of nitrogens with zero attached hydrogens (tertiary/aromatic N) is 3. The molecule has 0 fully saturated rings. The number of aromatic carboxylic acids is 1. The second kappa shape index (κ2) is 5.88. The molecule has 3 aromatic rings. The molecule has 0 radical (unpaired) electrons. The molecule has 2 heterocycles. The van der Waals surface area contributed by atoms with Gasteiger partial charge < -0.3 is 15.4 Å². The van der Waals surface area contributed by atoms with Gasteiger partial charge in [0, 0.05) is 23.8 Å². The van der Waals surface area contributed by atoms with E-state index in [2.05, 4.69) is 25.3 Å². The lowest BCUT2D eigenvalue weighted by molar-refractivity contribution is 0.0697. The highest BCUT2D eigenvalue weighted by Crippen LogP contribution is 2.21. The molecule has 0 atom stereocenters. The van der Waals surface area contributed by atoms with Gasteiger partial charge in [0.05, 0.1) is 5.56 Å². The molecule has 116 valence electrons. The summed E-state index contributed by atoms with van der Waals surface area (Å²) in [5, 5.41) is 12.1. The Hall–Kier alpha value is -3.22. The molecule has 23 heavy (non-hydrogen) atoms. The standard InChI is InChI=1S/C16H15N5O2/c1-9-3-4-11(15(22)23)7-13(9)21-16-17-6-5-12(20-16)14-18-8-10(2)19-14/h3-8H,1-2H3,(H,18,19)(H,22,23)(H,17,20,21). The van der Waals surface area contributed by atoms with E-state index < -0.39 is 5.97 Å². The van der Waals surface area contributed by atoms with Crippen LogP contribution in [-0.4, -0.2) is 31.0 Å². The highest BCUT2D eigenvalue weighted by Gasteiger charge is 2.09. The lowest BCUT2D eigenvalue weighted by Gasteiger charge is -2.09. The molecular weight excluding hydrogens is 294 g/mol. The third-order valence-electron chi connectivity index (χ3n) is 3.33. The van der Waals surface area contributed by atoms with E-state index in [0.29, 0.717) is 23.2 Å². The zero-order valence-electron chi connectivity index (χ0n) is 12.7. The van der Waals surface area contributed by atoms with Gasteiger partial charge in [-0.25, -0.2) is 19.7 Å². The van der Waals surface area contributed by atoms with Crippen molar-refractivity contribution in [2.24, 2.45) is 0 Å². The summed E-state index contributed by atoms with van der Waals surface area (Å²) in [6.07, 6.45) is 3.35. The van der Waals surface area contributed by atoms with Crippen LogP contribution in [0.5, 0.6) is 0 Å². The van der Waals surface area contributed by atoms with Crippen LogP contribution in [0.1, 0.15) is 21.6 Å². The number of hydrogen-bond acceptors (Lipinski definition) is 5. The number of aromatic amines is 1. The minimum Gasteiger partial charge on any atom is -0.478 e. The number of carboxylic acid groups (broad SMARTS) is 1. The van der Waals surface area contributed by atoms with Crippen molar-refractivity contribution >= 4 is 17.6 Å². The van der Waals surface area contributed by atoms with E-state index in [1.54, 1.807) is 36.7 Å². The first-order valence-corrected chi connectivity index (χ1v) is 6.99. The first-order valence-electron chi connectivity index (χ1n) is 6.99. The summed E-state index contributed by atoms with van der Waals surface area (Å²) in [5.74, 6) is 0.0555. The van der Waals surface area contributed by atoms with Crippen LogP contribution in [-0.2, 0) is 0 Å². The maximum atomic E-state index is 11.1. The molecule has 0 spiro atoms. The summed E-state index contributed by atoms with van der Waals surface area (Å²) < 4.78 is 0. The van der Waals surface area contributed by atoms with Crippen molar-refractivity contribution in [2.45, 2.75) is 13.8 Å². The predicted molar refractivity (Wildman–Crippen MR) is 85.8 cm³/mol. The average molecular weight is 309 g/mol. The van der Waals surface area contributed by atoms with E-state index in [0.717, 1.165) is 11.3 Å². The van der Waals surface area contributed by atoms with Gasteiger partial charge in [-0.15, -0.1) is 0 Å². The molecule has 0 unspecified atom stereocenters. The molecule has 0 aliphatic rings. The van der Waals surface area contributed by atoms with Crippen LogP contribution < -0.4 is 5.32 Å². The van der Waals surface area contributed by atoms with Gasteiger partial charge in [0.1, 0.15) is 5.69 Å². The first-order chi connectivity index (χ1) is 11.0. The van der Waals surface area contributed by atoms with Crippen LogP contribution in [0.25, 0.3) is 11.5 Å². The lowest BCUT2D eigenvalue weighted by atomic mass is 10.1. The fraction of sp³-hybridized carbons (Fsp3) is 0.125. The van der Waals surface area contributed by atoms with Gasteiger partial charge in [0.25, 0.3) is 0 Å². The zero-order valence-corrected chi connectivity index (χ0v) is 12.7. The molecule has 1 aromatic carbocycles. The third kappa shape index (κ3) is 3.18. The van der Waals surface area contributed by atoms with Crippen LogP contribution in [0.3, 0.4) is 0 Å². The fourth-order valence-corrected chi connectivity index (χ4v) is 2.10. The van der Waals surface area contributed by atoms with Crippen LogP contribution >= 0.6 is 0 Å². The smallest absolute Gasteiger partial charge is 0.335 e. The lowest BCUT2D eigenvalue weighted by Crippen LogP contribution is -2.02. The van der Waals surface area contributed by atoms with Crippen LogP contribution in [0.15, 0.2) is 36.7 Å². The van der Waals surface area contributed by atoms with Crippen LogP contribution in [0, 0.1) is 13.8 Å². The van der Waals surface area contributed by atoms with Crippen molar-refractivity contribution < 1.29 is 9.90 Å². The monoisotopic (exact) mass is 309 g/mol. The minimum atomic E-state index is -0.978. The Morgan fingerprint density at radius 1 is 1.22 bits per heavy atom. The number of H-pyrrole nitrogens is 1. The van der Waals surface area contributed by atoms with Crippen LogP contribution in [0.2, 0.25) is 0 Å². The number of rotatable bonds is 4. The summed E-state index contributed by atoms with van der Waals surface area (Å²) in [6.45, 7) is 3.80. The topological polar surface area (TPSA) is 104 Å². The fourth-order valence-electron chi connectivity index (χ4n) is 2.10. The maximum absolute atomic E-state index is 11.1. The number of carboxylic acids is 1. The van der Waals surface area contributed by atoms with Crippen molar-refractivity contribution in [3.63, 3.8) is 0 Å². The van der Waals surface area contributed by atoms with Crippen molar-refractivity contribution in [3.05, 3.63) is 53.5 Å². The number of aromatic nitrogens is 4. The number of carbonyl (C=O) groups is 1. The molecule has 7 heteroatoms. The molecule has 0 aliphatic carbocycles. The van der Waals surface area contributed by atoms with Crippen molar-refractivity contribution in [1.82, 2.24) is 19.9 Å². The second-order valence-corrected chi connectivity index (χ2v) is 5.14. The van der Waals surface area contributed by atoms with Gasteiger partial charge >= 0.3 is 5.97 Å². The number of anilines is 2. The number of imidazole rings is 1. The summed E-state index contributed by atoms with van der Waals surface area (Å²) in [4.78, 5) is 27.0. The number of nitrogens with one attached hydrogen (secondary N) is 2. The highest BCUT2D eigenvalue weighted by atomic mass is 16.4. The van der Waals surface area contributed by atoms with Crippen LogP contribution in [0.4, 0.5) is 11.6 Å². The SMILES string of the molecule is Cc1cnc(-c2ccnc(Nc3cc(C(=O)O)ccc3C)n2)[nH]1. The molecule has 0 aliphatic heterocycles. The Morgan fingerprint density at radius 3 is 2.74 bits per heavy atom. The van der Waals surface area contributed by atoms with E-state index in [1.807, 2.05) is 13.8 Å². The Morgan fingerprint density at radius 2 is 2.04 bits per heavy atom. The van der Waals surface area contributed by atoms with Gasteiger partial charge in [0.15, 0.2) is 5.82 Å². The third-order valence-corrected chi connectivity index (χ3v) is 3.33. The zero-order chi connectivity index (χ0) is 16.4. The van der Waals surface area contributed by atoms with Gasteiger partial charge in [-0.1, -0.05) is 6.07 Å². The number of hydrogen-bond donors (Lipinski definition) is 3. The summed E-state index contributed by atoms with van der Waals surface area (Å²) in [7, 11) is 0. The highest BCUT2D eigenvalue weighted by molar-refractivity contribution is 5.89. The van der Waals surface area contributed by atoms with Crippen molar-refractivity contribution in [3.8, 4) is 11.5 Å². The predicted octanol–water partition coefficient (Wildman–Crippen LogP) is 2.93. The second-order valence-electron chi connectivity index (χ2n) is 5.14. The molecule has 3 N–H and O–H groups in total. The van der Waals surface area contributed by atoms with Gasteiger partial charge in [-0.05, 0) is 37.6 Å². The quantitative estimate of drug-likeness (QED) is 0.684. The maximum Gasteiger partial charge on any atom is 0.335 e. The Balaban J connectivity index is 1.92. The van der Waals surface area contributed by atoms with E-state index in [4.69, 9.17) is 5.11 Å². The first kappa shape index (κ1) is 14.7. The Bertz CT molecular complexity index is 872. The van der Waals surface area contributed by atoms with E-state index in [1.165, 1.54) is 0 Å². The molecule has 0 saturated heterocycles. The summed E-state index contributed by atoms with van der Waals surface area (Å²) in [5.41, 5.74) is 3.35. The largest absolute Gasteiger partial charge is 0.478 e.